The average molecular weight is 493 g/mol. The normalized spacial score (nSPS) is 20.9. The summed E-state index contributed by atoms with van der Waals surface area (Å²) in [7, 11) is -3.59. The number of hydrogen-bond donors (Lipinski definition) is 1. The van der Waals surface area contributed by atoms with Crippen LogP contribution in [-0.2, 0) is 38.8 Å². The smallest absolute Gasteiger partial charge is 0.330 e. The van der Waals surface area contributed by atoms with Crippen molar-refractivity contribution in [2.45, 2.75) is 16.3 Å². The maximum absolute atomic E-state index is 12.9. The second-order valence-corrected chi connectivity index (χ2v) is 12.2. The maximum Gasteiger partial charge on any atom is 0.330 e. The molecule has 2 atom stereocenters. The van der Waals surface area contributed by atoms with Crippen LogP contribution < -0.4 is 16.6 Å². The molecule has 0 radical (unpaired) electrons. The molecule has 1 aromatic heterocycles. The predicted octanol–water partition coefficient (Wildman–Crippen LogP) is -1.62. The number of hydrogen-bond acceptors (Lipinski definition) is 7. The second kappa shape index (κ2) is 8.04. The van der Waals surface area contributed by atoms with Gasteiger partial charge in [-0.05, 0) is 18.2 Å². The fraction of sp³-hybridized carbons (Fsp3) is 0.471. The first-order chi connectivity index (χ1) is 14.2. The van der Waals surface area contributed by atoms with E-state index in [1.54, 1.807) is 0 Å². The Labute approximate surface area is 183 Å². The third-order valence-corrected chi connectivity index (χ3v) is 9.32. The van der Waals surface area contributed by atoms with Gasteiger partial charge in [0.05, 0.1) is 45.3 Å². The van der Waals surface area contributed by atoms with E-state index >= 15 is 0 Å². The van der Waals surface area contributed by atoms with Crippen molar-refractivity contribution in [2.24, 2.45) is 14.1 Å². The quantitative estimate of drug-likeness (QED) is 0.494. The first kappa shape index (κ1) is 23.4. The fourth-order valence-corrected chi connectivity index (χ4v) is 7.10. The average Bonchev–Trinajstić information content (AvgIpc) is 2.94. The van der Waals surface area contributed by atoms with Gasteiger partial charge in [-0.25, -0.2) is 21.6 Å². The number of aryl methyl sites for hydroxylation is 1. The minimum atomic E-state index is -4.16. The highest BCUT2D eigenvalue weighted by Crippen LogP contribution is 2.20. The van der Waals surface area contributed by atoms with E-state index in [1.165, 1.54) is 37.8 Å². The number of carbonyl (C=O) groups excluding carboxylic acids is 1. The van der Waals surface area contributed by atoms with E-state index in [9.17, 15) is 31.2 Å². The molecule has 2 aromatic rings. The van der Waals surface area contributed by atoms with Crippen molar-refractivity contribution in [2.75, 3.05) is 25.1 Å². The number of fused-ring (bicyclic) bond motifs is 1. The summed E-state index contributed by atoms with van der Waals surface area (Å²) in [5.41, 5.74) is -0.928. The molecule has 1 aliphatic rings. The lowest BCUT2D eigenvalue weighted by Crippen LogP contribution is -2.46. The number of nitrogens with one attached hydrogen (secondary N) is 1. The Morgan fingerprint density at radius 1 is 1.23 bits per heavy atom. The highest BCUT2D eigenvalue weighted by molar-refractivity contribution is 7.91. The van der Waals surface area contributed by atoms with Gasteiger partial charge in [0.1, 0.15) is 0 Å². The number of carbonyl (C=O) groups is 1. The molecule has 3 rings (SSSR count). The van der Waals surface area contributed by atoms with Crippen LogP contribution in [0.25, 0.3) is 10.9 Å². The van der Waals surface area contributed by atoms with Crippen molar-refractivity contribution in [3.8, 4) is 0 Å². The Morgan fingerprint density at radius 3 is 2.45 bits per heavy atom. The Kier molecular flexibility index (Phi) is 6.08. The number of sulfone groups is 1. The van der Waals surface area contributed by atoms with Crippen LogP contribution in [0.4, 0.5) is 0 Å². The minimum Gasteiger partial charge on any atom is -0.350 e. The number of aromatic nitrogens is 2. The topological polar surface area (TPSA) is 145 Å². The number of halogens is 1. The van der Waals surface area contributed by atoms with E-state index in [1.807, 2.05) is 0 Å². The van der Waals surface area contributed by atoms with Gasteiger partial charge in [-0.2, -0.15) is 4.31 Å². The molecule has 170 valence electrons. The van der Waals surface area contributed by atoms with Crippen LogP contribution in [0.5, 0.6) is 0 Å². The summed E-state index contributed by atoms with van der Waals surface area (Å²) in [4.78, 5) is 36.5. The summed E-state index contributed by atoms with van der Waals surface area (Å²) in [6.45, 7) is -0.578. The van der Waals surface area contributed by atoms with Gasteiger partial charge in [0.15, 0.2) is 9.84 Å². The number of alkyl halides is 1. The first-order valence-corrected chi connectivity index (χ1v) is 12.7. The van der Waals surface area contributed by atoms with Crippen LogP contribution in [0.15, 0.2) is 32.7 Å². The second-order valence-electron chi connectivity index (χ2n) is 7.41. The summed E-state index contributed by atoms with van der Waals surface area (Å²) >= 11 is 5.95. The number of amides is 1. The van der Waals surface area contributed by atoms with Crippen molar-refractivity contribution < 1.29 is 21.6 Å². The van der Waals surface area contributed by atoms with Crippen LogP contribution in [0, 0.1) is 0 Å². The van der Waals surface area contributed by atoms with E-state index in [0.717, 1.165) is 14.9 Å². The van der Waals surface area contributed by atoms with Crippen LogP contribution in [0.2, 0.25) is 0 Å². The van der Waals surface area contributed by atoms with Crippen LogP contribution in [-0.4, -0.2) is 72.7 Å². The Bertz CT molecular complexity index is 1400. The Hall–Kier alpha value is -2.22. The lowest BCUT2D eigenvalue weighted by atomic mass is 10.2. The van der Waals surface area contributed by atoms with Gasteiger partial charge < -0.3 is 5.32 Å². The van der Waals surface area contributed by atoms with Gasteiger partial charge in [0.2, 0.25) is 15.9 Å². The van der Waals surface area contributed by atoms with Crippen LogP contribution in [0.1, 0.15) is 0 Å². The zero-order valence-corrected chi connectivity index (χ0v) is 19.3. The van der Waals surface area contributed by atoms with Gasteiger partial charge in [-0.15, -0.1) is 11.6 Å². The third-order valence-electron chi connectivity index (χ3n) is 5.14. The zero-order valence-electron chi connectivity index (χ0n) is 16.9. The predicted molar refractivity (Wildman–Crippen MR) is 114 cm³/mol. The summed E-state index contributed by atoms with van der Waals surface area (Å²) in [6, 6.07) is 2.93. The SMILES string of the molecule is CN(CC(=O)NC1CS(=O)(=O)CC1Cl)S(=O)(=O)c1ccc2c(c1)c(=O)n(C)c(=O)n2C. The highest BCUT2D eigenvalue weighted by atomic mass is 35.5. The summed E-state index contributed by atoms with van der Waals surface area (Å²) in [5, 5.41) is 1.69. The van der Waals surface area contributed by atoms with E-state index < -0.39 is 55.0 Å². The minimum absolute atomic E-state index is 0.0321. The Balaban J connectivity index is 1.86. The molecule has 0 bridgehead atoms. The van der Waals surface area contributed by atoms with E-state index in [-0.39, 0.29) is 27.3 Å². The summed E-state index contributed by atoms with van der Waals surface area (Å²) < 4.78 is 51.9. The molecule has 2 heterocycles. The molecule has 11 nitrogen and oxygen atoms in total. The molecular weight excluding hydrogens is 472 g/mol. The fourth-order valence-electron chi connectivity index (χ4n) is 3.39. The van der Waals surface area contributed by atoms with Gasteiger partial charge in [-0.1, -0.05) is 0 Å². The molecule has 0 spiro atoms. The molecule has 1 saturated heterocycles. The van der Waals surface area contributed by atoms with Crippen LogP contribution in [0.3, 0.4) is 0 Å². The van der Waals surface area contributed by atoms with Gasteiger partial charge in [0, 0.05) is 21.1 Å². The standard InChI is InChI=1S/C17H21ClN4O7S2/c1-20(7-15(23)19-13-9-30(26,27)8-12(13)18)31(28,29)10-4-5-14-11(6-10)16(24)22(3)17(25)21(14)2/h4-6,12-13H,7-9H2,1-3H3,(H,19,23). The van der Waals surface area contributed by atoms with Gasteiger partial charge >= 0.3 is 5.69 Å². The van der Waals surface area contributed by atoms with E-state index in [4.69, 9.17) is 11.6 Å². The number of rotatable bonds is 5. The Morgan fingerprint density at radius 2 is 1.87 bits per heavy atom. The number of sulfonamides is 1. The molecule has 14 heteroatoms. The van der Waals surface area contributed by atoms with E-state index in [0.29, 0.717) is 0 Å². The number of likely N-dealkylation sites (N-methyl/N-ethyl adjacent to an activating group) is 1. The molecule has 1 aromatic carbocycles. The van der Waals surface area contributed by atoms with Crippen molar-refractivity contribution in [1.29, 1.82) is 0 Å². The van der Waals surface area contributed by atoms with E-state index in [2.05, 4.69) is 5.32 Å². The van der Waals surface area contributed by atoms with Crippen LogP contribution >= 0.6 is 11.6 Å². The monoisotopic (exact) mass is 492 g/mol. The maximum atomic E-state index is 12.9. The molecule has 1 amide bonds. The molecule has 2 unspecified atom stereocenters. The summed E-state index contributed by atoms with van der Waals surface area (Å²) in [6.07, 6.45) is 0. The van der Waals surface area contributed by atoms with Gasteiger partial charge in [-0.3, -0.25) is 18.7 Å². The third kappa shape index (κ3) is 4.40. The number of benzene rings is 1. The largest absolute Gasteiger partial charge is 0.350 e. The van der Waals surface area contributed by atoms with Crippen molar-refractivity contribution in [3.05, 3.63) is 39.0 Å². The zero-order chi connectivity index (χ0) is 23.3. The molecule has 1 fully saturated rings. The van der Waals surface area contributed by atoms with Crippen molar-refractivity contribution >= 4 is 48.3 Å². The first-order valence-electron chi connectivity index (χ1n) is 9.04. The number of nitrogens with zero attached hydrogens (tertiary/aromatic N) is 3. The molecule has 0 aliphatic carbocycles. The molecular formula is C17H21ClN4O7S2. The summed E-state index contributed by atoms with van der Waals surface area (Å²) in [5.74, 6) is -1.28. The lowest BCUT2D eigenvalue weighted by Gasteiger charge is -2.20. The molecule has 31 heavy (non-hydrogen) atoms. The molecule has 0 saturated carbocycles. The van der Waals surface area contributed by atoms with Gasteiger partial charge in [0.25, 0.3) is 5.56 Å². The highest BCUT2D eigenvalue weighted by Gasteiger charge is 2.37. The lowest BCUT2D eigenvalue weighted by molar-refractivity contribution is -0.121. The van der Waals surface area contributed by atoms with Crippen molar-refractivity contribution in [3.63, 3.8) is 0 Å². The molecule has 1 aliphatic heterocycles. The van der Waals surface area contributed by atoms with Crippen molar-refractivity contribution in [1.82, 2.24) is 18.8 Å². The molecule has 1 N–H and O–H groups in total.